The first-order valence-corrected chi connectivity index (χ1v) is 9.90. The van der Waals surface area contributed by atoms with Crippen LogP contribution in [0.4, 0.5) is 4.79 Å². The predicted octanol–water partition coefficient (Wildman–Crippen LogP) is 3.38. The maximum atomic E-state index is 12.3. The summed E-state index contributed by atoms with van der Waals surface area (Å²) in [5, 5.41) is 10.9. The molecule has 3 aliphatic rings. The molecule has 7 heteroatoms. The van der Waals surface area contributed by atoms with Crippen molar-refractivity contribution in [2.75, 3.05) is 19.6 Å². The number of aromatic nitrogens is 1. The van der Waals surface area contributed by atoms with Crippen LogP contribution in [0.25, 0.3) is 0 Å². The van der Waals surface area contributed by atoms with Crippen LogP contribution >= 0.6 is 12.4 Å². The number of carbonyl (C=O) groups is 1. The molecular formula is C21H26ClN3O3. The van der Waals surface area contributed by atoms with E-state index in [1.165, 1.54) is 12.8 Å². The van der Waals surface area contributed by atoms with Crippen molar-refractivity contribution in [3.8, 4) is 0 Å². The van der Waals surface area contributed by atoms with Crippen LogP contribution in [0.2, 0.25) is 0 Å². The van der Waals surface area contributed by atoms with Gasteiger partial charge in [0.15, 0.2) is 0 Å². The van der Waals surface area contributed by atoms with Crippen molar-refractivity contribution in [3.05, 3.63) is 53.4 Å². The molecule has 3 unspecified atom stereocenters. The van der Waals surface area contributed by atoms with Crippen LogP contribution < -0.4 is 10.6 Å². The number of fused-ring (bicyclic) bond motifs is 1. The third-order valence-corrected chi connectivity index (χ3v) is 6.42. The molecule has 6 nitrogen and oxygen atoms in total. The Hall–Kier alpha value is -2.05. The summed E-state index contributed by atoms with van der Waals surface area (Å²) in [5.74, 6) is 2.60. The molecule has 3 fully saturated rings. The number of nitrogens with zero attached hydrogens (tertiary/aromatic N) is 1. The second-order valence-electron chi connectivity index (χ2n) is 8.05. The Morgan fingerprint density at radius 1 is 1.25 bits per heavy atom. The molecule has 0 radical (unpaired) electrons. The third kappa shape index (κ3) is 3.51. The lowest BCUT2D eigenvalue weighted by atomic mass is 9.96. The van der Waals surface area contributed by atoms with Crippen molar-refractivity contribution >= 4 is 18.5 Å². The molecule has 2 aliphatic carbocycles. The number of amides is 1. The van der Waals surface area contributed by atoms with Crippen molar-refractivity contribution in [2.45, 2.75) is 37.2 Å². The van der Waals surface area contributed by atoms with Crippen LogP contribution in [0.15, 0.2) is 40.9 Å². The number of piperidine rings is 1. The highest BCUT2D eigenvalue weighted by Gasteiger charge is 2.67. The van der Waals surface area contributed by atoms with Crippen molar-refractivity contribution in [3.63, 3.8) is 0 Å². The van der Waals surface area contributed by atoms with E-state index in [9.17, 15) is 4.79 Å². The van der Waals surface area contributed by atoms with Crippen LogP contribution in [-0.2, 0) is 16.8 Å². The zero-order valence-corrected chi connectivity index (χ0v) is 16.5. The first-order valence-electron chi connectivity index (χ1n) is 9.90. The number of halogens is 1. The van der Waals surface area contributed by atoms with E-state index >= 15 is 0 Å². The molecule has 0 bridgehead atoms. The Bertz CT molecular complexity index is 809. The van der Waals surface area contributed by atoms with E-state index in [-0.39, 0.29) is 30.5 Å². The number of nitrogens with one attached hydrogen (secondary N) is 2. The number of carbonyl (C=O) groups excluding carboxylic acids is 1. The van der Waals surface area contributed by atoms with Crippen LogP contribution in [0, 0.1) is 11.8 Å². The standard InChI is InChI=1S/C21H25N3O3.ClH/c25-20(26-12-14-4-2-1-3-5-14)23-13-21(16-8-9-22-11-17(16)21)19-10-18(27-24-19)15-6-7-15;/h1-5,10,15-17,22H,6-9,11-13H2,(H,23,25);1H. The zero-order chi connectivity index (χ0) is 18.3. The maximum Gasteiger partial charge on any atom is 0.407 e. The lowest BCUT2D eigenvalue weighted by molar-refractivity contribution is 0.138. The van der Waals surface area contributed by atoms with E-state index in [0.717, 1.165) is 36.5 Å². The van der Waals surface area contributed by atoms with Gasteiger partial charge in [-0.2, -0.15) is 0 Å². The Kier molecular flexibility index (Phi) is 5.34. The largest absolute Gasteiger partial charge is 0.445 e. The summed E-state index contributed by atoms with van der Waals surface area (Å²) in [5.41, 5.74) is 1.87. The Labute approximate surface area is 170 Å². The minimum atomic E-state index is -0.374. The fourth-order valence-electron chi connectivity index (χ4n) is 4.70. The lowest BCUT2D eigenvalue weighted by Crippen LogP contribution is -2.35. The number of hydrogen-bond donors (Lipinski definition) is 2. The summed E-state index contributed by atoms with van der Waals surface area (Å²) in [6.45, 7) is 2.82. The van der Waals surface area contributed by atoms with Gasteiger partial charge in [-0.25, -0.2) is 4.79 Å². The Morgan fingerprint density at radius 2 is 2.07 bits per heavy atom. The highest BCUT2D eigenvalue weighted by molar-refractivity contribution is 5.85. The summed E-state index contributed by atoms with van der Waals surface area (Å²) in [6.07, 6.45) is 3.12. The average molecular weight is 404 g/mol. The van der Waals surface area contributed by atoms with Gasteiger partial charge in [0.2, 0.25) is 0 Å². The number of hydrogen-bond acceptors (Lipinski definition) is 5. The minimum Gasteiger partial charge on any atom is -0.445 e. The molecule has 0 spiro atoms. The number of ether oxygens (including phenoxy) is 1. The van der Waals surface area contributed by atoms with Gasteiger partial charge >= 0.3 is 6.09 Å². The molecule has 1 aliphatic heterocycles. The first kappa shape index (κ1) is 19.3. The van der Waals surface area contributed by atoms with Gasteiger partial charge in [-0.1, -0.05) is 35.5 Å². The molecule has 150 valence electrons. The number of alkyl carbamates (subject to hydrolysis) is 1. The van der Waals surface area contributed by atoms with Gasteiger partial charge in [0.1, 0.15) is 12.4 Å². The summed E-state index contributed by atoms with van der Waals surface area (Å²) in [7, 11) is 0. The maximum absolute atomic E-state index is 12.3. The topological polar surface area (TPSA) is 76.4 Å². The predicted molar refractivity (Wildman–Crippen MR) is 107 cm³/mol. The summed E-state index contributed by atoms with van der Waals surface area (Å²) in [4.78, 5) is 12.3. The van der Waals surface area contributed by atoms with E-state index in [0.29, 0.717) is 24.3 Å². The fraction of sp³-hybridized carbons (Fsp3) is 0.524. The van der Waals surface area contributed by atoms with Gasteiger partial charge in [-0.05, 0) is 49.8 Å². The molecule has 2 heterocycles. The minimum absolute atomic E-state index is 0. The molecule has 2 N–H and O–H groups in total. The summed E-state index contributed by atoms with van der Waals surface area (Å²) in [6, 6.07) is 11.9. The van der Waals surface area contributed by atoms with E-state index in [1.54, 1.807) is 0 Å². The lowest BCUT2D eigenvalue weighted by Gasteiger charge is -2.16. The molecule has 1 amide bonds. The van der Waals surface area contributed by atoms with Crippen molar-refractivity contribution in [1.29, 1.82) is 0 Å². The third-order valence-electron chi connectivity index (χ3n) is 6.42. The van der Waals surface area contributed by atoms with E-state index in [1.807, 2.05) is 30.3 Å². The van der Waals surface area contributed by atoms with Crippen molar-refractivity contribution in [1.82, 2.24) is 15.8 Å². The second-order valence-corrected chi connectivity index (χ2v) is 8.05. The van der Waals surface area contributed by atoms with Crippen LogP contribution in [0.5, 0.6) is 0 Å². The first-order chi connectivity index (χ1) is 13.3. The van der Waals surface area contributed by atoms with Crippen LogP contribution in [0.1, 0.15) is 42.2 Å². The summed E-state index contributed by atoms with van der Waals surface area (Å²) >= 11 is 0. The SMILES string of the molecule is Cl.O=C(NCC1(c2cc(C3CC3)on2)C2CCNCC21)OCc1ccccc1. The van der Waals surface area contributed by atoms with Gasteiger partial charge in [-0.3, -0.25) is 0 Å². The van der Waals surface area contributed by atoms with Crippen LogP contribution in [-0.4, -0.2) is 30.9 Å². The van der Waals surface area contributed by atoms with Gasteiger partial charge in [0.25, 0.3) is 0 Å². The zero-order valence-electron chi connectivity index (χ0n) is 15.7. The van der Waals surface area contributed by atoms with Crippen LogP contribution in [0.3, 0.4) is 0 Å². The molecule has 1 saturated heterocycles. The molecule has 2 aromatic rings. The van der Waals surface area contributed by atoms with E-state index < -0.39 is 0 Å². The molecule has 1 aromatic carbocycles. The molecule has 28 heavy (non-hydrogen) atoms. The van der Waals surface area contributed by atoms with Crippen molar-refractivity contribution < 1.29 is 14.1 Å². The van der Waals surface area contributed by atoms with Gasteiger partial charge in [0, 0.05) is 23.9 Å². The smallest absolute Gasteiger partial charge is 0.407 e. The summed E-state index contributed by atoms with van der Waals surface area (Å²) < 4.78 is 11.0. The quantitative estimate of drug-likeness (QED) is 0.773. The van der Waals surface area contributed by atoms with Gasteiger partial charge in [-0.15, -0.1) is 12.4 Å². The Balaban J connectivity index is 0.00000192. The fourth-order valence-corrected chi connectivity index (χ4v) is 4.70. The molecule has 2 saturated carbocycles. The highest BCUT2D eigenvalue weighted by Crippen LogP contribution is 2.62. The molecular weight excluding hydrogens is 378 g/mol. The van der Waals surface area contributed by atoms with Crippen molar-refractivity contribution in [2.24, 2.45) is 11.8 Å². The number of rotatable bonds is 6. The van der Waals surface area contributed by atoms with Gasteiger partial charge < -0.3 is 19.9 Å². The average Bonchev–Trinajstić information content (AvgIpc) is 3.62. The Morgan fingerprint density at radius 3 is 2.79 bits per heavy atom. The molecule has 3 atom stereocenters. The molecule has 1 aromatic heterocycles. The monoisotopic (exact) mass is 403 g/mol. The van der Waals surface area contributed by atoms with E-state index in [4.69, 9.17) is 9.26 Å². The van der Waals surface area contributed by atoms with E-state index in [2.05, 4.69) is 21.9 Å². The molecule has 5 rings (SSSR count). The second kappa shape index (κ2) is 7.76. The number of benzene rings is 1. The normalized spacial score (nSPS) is 28.0. The highest BCUT2D eigenvalue weighted by atomic mass is 35.5. The van der Waals surface area contributed by atoms with Gasteiger partial charge in [0.05, 0.1) is 5.69 Å².